The van der Waals surface area contributed by atoms with Gasteiger partial charge in [0, 0.05) is 18.1 Å². The molecule has 102 valence electrons. The fourth-order valence-electron chi connectivity index (χ4n) is 2.03. The molecule has 0 spiro atoms. The van der Waals surface area contributed by atoms with E-state index in [4.69, 9.17) is 4.74 Å². The van der Waals surface area contributed by atoms with Crippen LogP contribution >= 0.6 is 0 Å². The smallest absolute Gasteiger partial charge is 0.146 e. The Morgan fingerprint density at radius 3 is 2.74 bits per heavy atom. The monoisotopic (exact) mass is 258 g/mol. The zero-order chi connectivity index (χ0) is 13.7. The number of pyridine rings is 1. The first kappa shape index (κ1) is 13.8. The van der Waals surface area contributed by atoms with Crippen molar-refractivity contribution in [3.05, 3.63) is 36.5 Å². The summed E-state index contributed by atoms with van der Waals surface area (Å²) in [6, 6.07) is 10.1. The molecule has 1 aromatic heterocycles. The molecule has 1 unspecified atom stereocenters. The first-order valence-electron chi connectivity index (χ1n) is 6.93. The van der Waals surface area contributed by atoms with Crippen molar-refractivity contribution in [3.8, 4) is 5.75 Å². The second kappa shape index (κ2) is 6.53. The van der Waals surface area contributed by atoms with Gasteiger partial charge in [0.25, 0.3) is 0 Å². The highest BCUT2D eigenvalue weighted by atomic mass is 16.5. The molecular formula is C16H22N2O. The summed E-state index contributed by atoms with van der Waals surface area (Å²) < 4.78 is 6.17. The lowest BCUT2D eigenvalue weighted by Crippen LogP contribution is -2.35. The fraction of sp³-hybridized carbons (Fsp3) is 0.438. The van der Waals surface area contributed by atoms with Gasteiger partial charge in [0.1, 0.15) is 17.4 Å². The van der Waals surface area contributed by atoms with Gasteiger partial charge in [0.05, 0.1) is 0 Å². The van der Waals surface area contributed by atoms with E-state index in [9.17, 15) is 0 Å². The van der Waals surface area contributed by atoms with Crippen molar-refractivity contribution in [1.82, 2.24) is 10.3 Å². The highest BCUT2D eigenvalue weighted by Gasteiger charge is 2.16. The Bertz CT molecular complexity index is 520. The van der Waals surface area contributed by atoms with E-state index in [1.54, 1.807) is 0 Å². The number of ether oxygens (including phenoxy) is 1. The number of aromatic nitrogens is 1. The molecule has 19 heavy (non-hydrogen) atoms. The summed E-state index contributed by atoms with van der Waals surface area (Å²) >= 11 is 0. The van der Waals surface area contributed by atoms with Gasteiger partial charge in [0.2, 0.25) is 0 Å². The van der Waals surface area contributed by atoms with Gasteiger partial charge in [-0.3, -0.25) is 4.98 Å². The van der Waals surface area contributed by atoms with Gasteiger partial charge in [-0.15, -0.1) is 0 Å². The molecule has 1 atom stereocenters. The van der Waals surface area contributed by atoms with Gasteiger partial charge < -0.3 is 10.1 Å². The molecule has 0 aliphatic carbocycles. The van der Waals surface area contributed by atoms with Gasteiger partial charge in [-0.1, -0.05) is 39.0 Å². The number of likely N-dealkylation sites (N-methyl/N-ethyl adjacent to an activating group) is 1. The minimum Gasteiger partial charge on any atom is -0.487 e. The molecule has 0 aliphatic heterocycles. The number of nitrogens with zero attached hydrogens (tertiary/aromatic N) is 1. The number of hydrogen-bond acceptors (Lipinski definition) is 3. The molecule has 2 aromatic rings. The molecule has 3 heteroatoms. The first-order chi connectivity index (χ1) is 9.22. The summed E-state index contributed by atoms with van der Waals surface area (Å²) in [4.78, 5) is 4.43. The third-order valence-electron chi connectivity index (χ3n) is 3.21. The summed E-state index contributed by atoms with van der Waals surface area (Å²) in [5.74, 6) is 1.33. The third-order valence-corrected chi connectivity index (χ3v) is 3.21. The van der Waals surface area contributed by atoms with Gasteiger partial charge >= 0.3 is 0 Å². The maximum atomic E-state index is 6.17. The van der Waals surface area contributed by atoms with Crippen LogP contribution in [0.4, 0.5) is 0 Å². The lowest BCUT2D eigenvalue weighted by atomic mass is 10.1. The Morgan fingerprint density at radius 2 is 2.00 bits per heavy atom. The number of benzene rings is 1. The van der Waals surface area contributed by atoms with Crippen molar-refractivity contribution in [1.29, 1.82) is 0 Å². The third kappa shape index (κ3) is 3.44. The largest absolute Gasteiger partial charge is 0.487 e. The van der Waals surface area contributed by atoms with Crippen molar-refractivity contribution in [3.63, 3.8) is 0 Å². The summed E-state index contributed by atoms with van der Waals surface area (Å²) in [6.07, 6.45) is 1.97. The molecule has 0 fully saturated rings. The van der Waals surface area contributed by atoms with Crippen molar-refractivity contribution in [2.45, 2.75) is 26.9 Å². The molecule has 1 N–H and O–H groups in total. The Morgan fingerprint density at radius 1 is 1.21 bits per heavy atom. The molecule has 0 saturated heterocycles. The zero-order valence-corrected chi connectivity index (χ0v) is 11.9. The molecule has 0 amide bonds. The van der Waals surface area contributed by atoms with E-state index >= 15 is 0 Å². The minimum absolute atomic E-state index is 0.160. The van der Waals surface area contributed by atoms with Crippen LogP contribution < -0.4 is 10.1 Å². The fourth-order valence-corrected chi connectivity index (χ4v) is 2.03. The summed E-state index contributed by atoms with van der Waals surface area (Å²) in [5, 5.41) is 4.47. The van der Waals surface area contributed by atoms with Crippen LogP contribution in [0.25, 0.3) is 10.9 Å². The molecule has 0 saturated carbocycles. The average molecular weight is 258 g/mol. The van der Waals surface area contributed by atoms with Crippen LogP contribution in [0, 0.1) is 5.92 Å². The minimum atomic E-state index is 0.160. The number of rotatable bonds is 6. The maximum Gasteiger partial charge on any atom is 0.146 e. The summed E-state index contributed by atoms with van der Waals surface area (Å²) in [7, 11) is 0. The Balaban J connectivity index is 2.23. The Labute approximate surface area is 115 Å². The molecule has 3 nitrogen and oxygen atoms in total. The van der Waals surface area contributed by atoms with Crippen molar-refractivity contribution >= 4 is 10.9 Å². The predicted molar refractivity (Wildman–Crippen MR) is 79.5 cm³/mol. The lowest BCUT2D eigenvalue weighted by Gasteiger charge is -2.23. The second-order valence-electron chi connectivity index (χ2n) is 5.04. The molecule has 0 radical (unpaired) electrons. The topological polar surface area (TPSA) is 34.1 Å². The van der Waals surface area contributed by atoms with Crippen LogP contribution in [0.3, 0.4) is 0 Å². The van der Waals surface area contributed by atoms with E-state index in [-0.39, 0.29) is 6.10 Å². The van der Waals surface area contributed by atoms with E-state index in [1.165, 1.54) is 0 Å². The zero-order valence-electron chi connectivity index (χ0n) is 11.9. The lowest BCUT2D eigenvalue weighted by molar-refractivity contribution is 0.151. The summed E-state index contributed by atoms with van der Waals surface area (Å²) in [5.41, 5.74) is 0.937. The molecule has 0 aliphatic rings. The van der Waals surface area contributed by atoms with Gasteiger partial charge in [-0.25, -0.2) is 0 Å². The van der Waals surface area contributed by atoms with Crippen LogP contribution in [-0.4, -0.2) is 24.2 Å². The van der Waals surface area contributed by atoms with Crippen LogP contribution in [0.5, 0.6) is 5.75 Å². The number of hydrogen-bond donors (Lipinski definition) is 1. The normalized spacial score (nSPS) is 12.8. The highest BCUT2D eigenvalue weighted by molar-refractivity contribution is 5.84. The van der Waals surface area contributed by atoms with Gasteiger partial charge in [-0.2, -0.15) is 0 Å². The quantitative estimate of drug-likeness (QED) is 0.863. The van der Waals surface area contributed by atoms with Crippen molar-refractivity contribution in [2.24, 2.45) is 5.92 Å². The first-order valence-corrected chi connectivity index (χ1v) is 6.93. The van der Waals surface area contributed by atoms with E-state index < -0.39 is 0 Å². The molecule has 2 rings (SSSR count). The molecule has 1 aromatic carbocycles. The molecule has 1 heterocycles. The summed E-state index contributed by atoms with van der Waals surface area (Å²) in [6.45, 7) is 8.29. The van der Waals surface area contributed by atoms with Crippen LogP contribution in [0.2, 0.25) is 0 Å². The number of nitrogens with one attached hydrogen (secondary N) is 1. The van der Waals surface area contributed by atoms with Gasteiger partial charge in [0.15, 0.2) is 0 Å². The average Bonchev–Trinajstić information content (AvgIpc) is 2.43. The van der Waals surface area contributed by atoms with Crippen LogP contribution in [0.1, 0.15) is 20.8 Å². The van der Waals surface area contributed by atoms with Crippen molar-refractivity contribution < 1.29 is 4.74 Å². The Hall–Kier alpha value is -1.61. The van der Waals surface area contributed by atoms with Gasteiger partial charge in [-0.05, 0) is 24.6 Å². The van der Waals surface area contributed by atoms with E-state index in [2.05, 4.69) is 43.2 Å². The second-order valence-corrected chi connectivity index (χ2v) is 5.04. The SMILES string of the molecule is CCNCC(Oc1cccc2cccnc12)C(C)C. The van der Waals surface area contributed by atoms with E-state index in [0.717, 1.165) is 29.7 Å². The maximum absolute atomic E-state index is 6.17. The number of para-hydroxylation sites is 1. The molecule has 0 bridgehead atoms. The standard InChI is InChI=1S/C16H22N2O/c1-4-17-11-15(12(2)3)19-14-9-5-7-13-8-6-10-18-16(13)14/h5-10,12,15,17H,4,11H2,1-3H3. The highest BCUT2D eigenvalue weighted by Crippen LogP contribution is 2.25. The Kier molecular flexibility index (Phi) is 4.74. The molecular weight excluding hydrogens is 236 g/mol. The van der Waals surface area contributed by atoms with Crippen LogP contribution in [-0.2, 0) is 0 Å². The predicted octanol–water partition coefficient (Wildman–Crippen LogP) is 3.25. The van der Waals surface area contributed by atoms with Crippen molar-refractivity contribution in [2.75, 3.05) is 13.1 Å². The van der Waals surface area contributed by atoms with E-state index in [0.29, 0.717) is 5.92 Å². The number of fused-ring (bicyclic) bond motifs is 1. The van der Waals surface area contributed by atoms with E-state index in [1.807, 2.05) is 24.4 Å². The van der Waals surface area contributed by atoms with Crippen LogP contribution in [0.15, 0.2) is 36.5 Å².